The van der Waals surface area contributed by atoms with Crippen molar-refractivity contribution in [1.82, 2.24) is 15.1 Å². The summed E-state index contributed by atoms with van der Waals surface area (Å²) in [6, 6.07) is 0.435. The van der Waals surface area contributed by atoms with Gasteiger partial charge in [-0.25, -0.2) is 0 Å². The first-order valence-corrected chi connectivity index (χ1v) is 6.73. The maximum absolute atomic E-state index is 12.2. The van der Waals surface area contributed by atoms with Crippen molar-refractivity contribution < 1.29 is 4.79 Å². The van der Waals surface area contributed by atoms with Crippen molar-refractivity contribution in [3.05, 3.63) is 0 Å². The van der Waals surface area contributed by atoms with Gasteiger partial charge in [0.2, 0.25) is 5.91 Å². The van der Waals surface area contributed by atoms with Gasteiger partial charge in [-0.2, -0.15) is 0 Å². The zero-order chi connectivity index (χ0) is 13.4. The Balaban J connectivity index is 2.47. The van der Waals surface area contributed by atoms with Gasteiger partial charge in [-0.05, 0) is 26.9 Å². The molecule has 1 aliphatic carbocycles. The summed E-state index contributed by atoms with van der Waals surface area (Å²) in [5.74, 6) is 2.67. The van der Waals surface area contributed by atoms with Crippen LogP contribution in [0, 0.1) is 12.3 Å². The number of terminal acetylenes is 1. The van der Waals surface area contributed by atoms with Crippen LogP contribution in [0.25, 0.3) is 0 Å². The Morgan fingerprint density at radius 1 is 1.33 bits per heavy atom. The molecule has 0 atom stereocenters. The molecule has 1 amide bonds. The van der Waals surface area contributed by atoms with Crippen molar-refractivity contribution in [2.24, 2.45) is 0 Å². The quantitative estimate of drug-likeness (QED) is 0.530. The molecule has 1 rings (SSSR count). The maximum atomic E-state index is 12.2. The lowest BCUT2D eigenvalue weighted by molar-refractivity contribution is -0.132. The third kappa shape index (κ3) is 5.07. The topological polar surface area (TPSA) is 35.6 Å². The Bertz CT molecular complexity index is 290. The van der Waals surface area contributed by atoms with E-state index in [0.29, 0.717) is 19.1 Å². The van der Waals surface area contributed by atoms with E-state index >= 15 is 0 Å². The fraction of sp³-hybridized carbons (Fsp3) is 0.786. The molecule has 0 unspecified atom stereocenters. The molecule has 0 radical (unpaired) electrons. The van der Waals surface area contributed by atoms with Gasteiger partial charge in [0.25, 0.3) is 0 Å². The monoisotopic (exact) mass is 251 g/mol. The SMILES string of the molecule is C#CCNCC(=O)N(CCN(C)C)C1CCCC1. The molecule has 0 aliphatic heterocycles. The second-order valence-corrected chi connectivity index (χ2v) is 5.14. The molecule has 4 heteroatoms. The van der Waals surface area contributed by atoms with Crippen molar-refractivity contribution >= 4 is 5.91 Å². The summed E-state index contributed by atoms with van der Waals surface area (Å²) < 4.78 is 0. The molecule has 18 heavy (non-hydrogen) atoms. The first-order chi connectivity index (χ1) is 8.65. The lowest BCUT2D eigenvalue weighted by Gasteiger charge is -2.30. The van der Waals surface area contributed by atoms with Crippen LogP contribution in [0.1, 0.15) is 25.7 Å². The largest absolute Gasteiger partial charge is 0.337 e. The van der Waals surface area contributed by atoms with E-state index in [0.717, 1.165) is 25.9 Å². The van der Waals surface area contributed by atoms with E-state index in [1.165, 1.54) is 12.8 Å². The number of amides is 1. The summed E-state index contributed by atoms with van der Waals surface area (Å²) in [4.78, 5) is 16.3. The second-order valence-electron chi connectivity index (χ2n) is 5.14. The summed E-state index contributed by atoms with van der Waals surface area (Å²) in [5.41, 5.74) is 0. The fourth-order valence-electron chi connectivity index (χ4n) is 2.38. The number of nitrogens with one attached hydrogen (secondary N) is 1. The number of carbonyl (C=O) groups excluding carboxylic acids is 1. The molecule has 1 N–H and O–H groups in total. The molecule has 102 valence electrons. The molecule has 0 heterocycles. The number of hydrogen-bond acceptors (Lipinski definition) is 3. The number of likely N-dealkylation sites (N-methyl/N-ethyl adjacent to an activating group) is 1. The third-order valence-corrected chi connectivity index (χ3v) is 3.38. The molecular formula is C14H25N3O. The molecule has 0 aromatic heterocycles. The van der Waals surface area contributed by atoms with Gasteiger partial charge in [-0.15, -0.1) is 6.42 Å². The van der Waals surface area contributed by atoms with Crippen LogP contribution in [0.2, 0.25) is 0 Å². The Hall–Kier alpha value is -1.05. The van der Waals surface area contributed by atoms with Crippen molar-refractivity contribution in [2.75, 3.05) is 40.3 Å². The van der Waals surface area contributed by atoms with E-state index < -0.39 is 0 Å². The summed E-state index contributed by atoms with van der Waals surface area (Å²) in [6.07, 6.45) is 9.95. The number of carbonyl (C=O) groups is 1. The zero-order valence-electron chi connectivity index (χ0n) is 11.6. The Kier molecular flexibility index (Phi) is 6.77. The summed E-state index contributed by atoms with van der Waals surface area (Å²) in [6.45, 7) is 2.54. The lowest BCUT2D eigenvalue weighted by atomic mass is 10.2. The predicted molar refractivity (Wildman–Crippen MR) is 74.2 cm³/mol. The van der Waals surface area contributed by atoms with Gasteiger partial charge >= 0.3 is 0 Å². The van der Waals surface area contributed by atoms with Gasteiger partial charge in [0.1, 0.15) is 0 Å². The first-order valence-electron chi connectivity index (χ1n) is 6.73. The van der Waals surface area contributed by atoms with Crippen molar-refractivity contribution in [1.29, 1.82) is 0 Å². The van der Waals surface area contributed by atoms with Gasteiger partial charge in [0.15, 0.2) is 0 Å². The highest BCUT2D eigenvalue weighted by Crippen LogP contribution is 2.23. The molecule has 1 aliphatic rings. The molecule has 0 aromatic rings. The van der Waals surface area contributed by atoms with Crippen molar-refractivity contribution in [3.63, 3.8) is 0 Å². The highest BCUT2D eigenvalue weighted by Gasteiger charge is 2.25. The van der Waals surface area contributed by atoms with Gasteiger partial charge in [-0.3, -0.25) is 10.1 Å². The summed E-state index contributed by atoms with van der Waals surface area (Å²) in [5, 5.41) is 2.99. The van der Waals surface area contributed by atoms with E-state index in [1.54, 1.807) is 0 Å². The van der Waals surface area contributed by atoms with E-state index in [4.69, 9.17) is 6.42 Å². The van der Waals surface area contributed by atoms with Crippen LogP contribution in [0.4, 0.5) is 0 Å². The average molecular weight is 251 g/mol. The lowest BCUT2D eigenvalue weighted by Crippen LogP contribution is -2.46. The van der Waals surface area contributed by atoms with E-state index in [1.807, 2.05) is 19.0 Å². The number of hydrogen-bond donors (Lipinski definition) is 1. The fourth-order valence-corrected chi connectivity index (χ4v) is 2.38. The minimum absolute atomic E-state index is 0.180. The van der Waals surface area contributed by atoms with Crippen LogP contribution < -0.4 is 5.32 Å². The first kappa shape index (κ1) is 15.0. The zero-order valence-corrected chi connectivity index (χ0v) is 11.6. The molecule has 1 saturated carbocycles. The molecule has 1 fully saturated rings. The Labute approximate surface area is 111 Å². The van der Waals surface area contributed by atoms with Crippen LogP contribution >= 0.6 is 0 Å². The number of rotatable bonds is 7. The highest BCUT2D eigenvalue weighted by molar-refractivity contribution is 5.78. The maximum Gasteiger partial charge on any atom is 0.236 e. The van der Waals surface area contributed by atoms with Crippen LogP contribution in [0.3, 0.4) is 0 Å². The van der Waals surface area contributed by atoms with Gasteiger partial charge in [0, 0.05) is 19.1 Å². The standard InChI is InChI=1S/C14H25N3O/c1-4-9-15-12-14(18)17(11-10-16(2)3)13-7-5-6-8-13/h1,13,15H,5-12H2,2-3H3. The predicted octanol–water partition coefficient (Wildman–Crippen LogP) is 0.542. The summed E-state index contributed by atoms with van der Waals surface area (Å²) >= 11 is 0. The minimum Gasteiger partial charge on any atom is -0.337 e. The normalized spacial score (nSPS) is 15.9. The highest BCUT2D eigenvalue weighted by atomic mass is 16.2. The van der Waals surface area contributed by atoms with Crippen LogP contribution in [0.5, 0.6) is 0 Å². The Morgan fingerprint density at radius 3 is 2.56 bits per heavy atom. The van der Waals surface area contributed by atoms with Crippen LogP contribution in [-0.2, 0) is 4.79 Å². The molecule has 0 bridgehead atoms. The third-order valence-electron chi connectivity index (χ3n) is 3.38. The van der Waals surface area contributed by atoms with Gasteiger partial charge in [-0.1, -0.05) is 18.8 Å². The van der Waals surface area contributed by atoms with Crippen LogP contribution in [-0.4, -0.2) is 62.0 Å². The molecule has 4 nitrogen and oxygen atoms in total. The summed E-state index contributed by atoms with van der Waals surface area (Å²) in [7, 11) is 4.07. The minimum atomic E-state index is 0.180. The smallest absolute Gasteiger partial charge is 0.236 e. The Morgan fingerprint density at radius 2 is 2.00 bits per heavy atom. The molecule has 0 saturated heterocycles. The average Bonchev–Trinajstić information content (AvgIpc) is 2.83. The van der Waals surface area contributed by atoms with E-state index in [9.17, 15) is 4.79 Å². The van der Waals surface area contributed by atoms with E-state index in [-0.39, 0.29) is 5.91 Å². The molecular weight excluding hydrogens is 226 g/mol. The van der Waals surface area contributed by atoms with Crippen LogP contribution in [0.15, 0.2) is 0 Å². The molecule has 0 spiro atoms. The second kappa shape index (κ2) is 8.12. The van der Waals surface area contributed by atoms with Gasteiger partial charge < -0.3 is 9.80 Å². The molecule has 0 aromatic carbocycles. The van der Waals surface area contributed by atoms with Crippen molar-refractivity contribution in [3.8, 4) is 12.3 Å². The van der Waals surface area contributed by atoms with E-state index in [2.05, 4.69) is 16.1 Å². The van der Waals surface area contributed by atoms with Gasteiger partial charge in [0.05, 0.1) is 13.1 Å². The number of nitrogens with zero attached hydrogens (tertiary/aromatic N) is 2. The van der Waals surface area contributed by atoms with Crippen molar-refractivity contribution in [2.45, 2.75) is 31.7 Å².